The fourth-order valence-electron chi connectivity index (χ4n) is 1.99. The average molecular weight is 354 g/mol. The van der Waals surface area contributed by atoms with Gasteiger partial charge in [0, 0.05) is 12.2 Å². The molecule has 0 saturated heterocycles. The van der Waals surface area contributed by atoms with Crippen molar-refractivity contribution in [3.63, 3.8) is 0 Å². The van der Waals surface area contributed by atoms with Gasteiger partial charge in [0.2, 0.25) is 0 Å². The zero-order chi connectivity index (χ0) is 16.8. The van der Waals surface area contributed by atoms with Crippen molar-refractivity contribution in [2.75, 3.05) is 11.9 Å². The van der Waals surface area contributed by atoms with Crippen LogP contribution < -0.4 is 10.1 Å². The molecule has 2 aromatic rings. The molecule has 4 nitrogen and oxygen atoms in total. The number of nitrogens with one attached hydrogen (secondary N) is 1. The molecule has 0 aromatic heterocycles. The van der Waals surface area contributed by atoms with E-state index in [0.717, 1.165) is 12.0 Å². The first-order valence-corrected chi connectivity index (χ1v) is 7.94. The van der Waals surface area contributed by atoms with Crippen molar-refractivity contribution in [1.29, 1.82) is 0 Å². The number of rotatable bonds is 7. The number of ether oxygens (including phenoxy) is 1. The fraction of sp³-hybridized carbons (Fsp3) is 0.235. The highest BCUT2D eigenvalue weighted by atomic mass is 35.5. The Bertz CT molecular complexity index is 704. The maximum Gasteiger partial charge on any atom is 0.337 e. The van der Waals surface area contributed by atoms with Gasteiger partial charge in [0.25, 0.3) is 0 Å². The summed E-state index contributed by atoms with van der Waals surface area (Å²) in [6.07, 6.45) is 0.919. The van der Waals surface area contributed by atoms with Gasteiger partial charge in [-0.25, -0.2) is 4.79 Å². The summed E-state index contributed by atoms with van der Waals surface area (Å²) >= 11 is 12.0. The van der Waals surface area contributed by atoms with E-state index in [1.165, 1.54) is 6.07 Å². The Morgan fingerprint density at radius 3 is 2.61 bits per heavy atom. The van der Waals surface area contributed by atoms with Crippen molar-refractivity contribution in [1.82, 2.24) is 0 Å². The Hall–Kier alpha value is -1.91. The summed E-state index contributed by atoms with van der Waals surface area (Å²) < 4.78 is 5.53. The maximum atomic E-state index is 11.1. The van der Waals surface area contributed by atoms with Crippen LogP contribution in [-0.4, -0.2) is 17.7 Å². The van der Waals surface area contributed by atoms with Crippen LogP contribution >= 0.6 is 23.2 Å². The van der Waals surface area contributed by atoms with Gasteiger partial charge in [-0.3, -0.25) is 0 Å². The molecule has 0 unspecified atom stereocenters. The third-order valence-electron chi connectivity index (χ3n) is 3.15. The monoisotopic (exact) mass is 353 g/mol. The number of benzene rings is 2. The lowest BCUT2D eigenvalue weighted by atomic mass is 10.1. The molecule has 23 heavy (non-hydrogen) atoms. The second-order valence-corrected chi connectivity index (χ2v) is 5.78. The molecule has 0 atom stereocenters. The molecule has 0 amide bonds. The van der Waals surface area contributed by atoms with Crippen LogP contribution in [0.3, 0.4) is 0 Å². The Kier molecular flexibility index (Phi) is 6.13. The lowest BCUT2D eigenvalue weighted by Gasteiger charge is -2.11. The number of hydrogen-bond acceptors (Lipinski definition) is 3. The van der Waals surface area contributed by atoms with Gasteiger partial charge in [-0.2, -0.15) is 0 Å². The summed E-state index contributed by atoms with van der Waals surface area (Å²) in [5.74, 6) is -0.393. The van der Waals surface area contributed by atoms with E-state index < -0.39 is 5.97 Å². The van der Waals surface area contributed by atoms with Crippen LogP contribution in [0, 0.1) is 0 Å². The van der Waals surface area contributed by atoms with E-state index in [2.05, 4.69) is 5.32 Å². The first-order valence-electron chi connectivity index (χ1n) is 7.19. The number of halogens is 2. The molecule has 0 aliphatic rings. The minimum atomic E-state index is -1.06. The number of carboxylic acids is 1. The van der Waals surface area contributed by atoms with Crippen LogP contribution in [0.15, 0.2) is 36.4 Å². The van der Waals surface area contributed by atoms with E-state index >= 15 is 0 Å². The number of anilines is 1. The molecular weight excluding hydrogens is 337 g/mol. The van der Waals surface area contributed by atoms with Crippen LogP contribution in [0.1, 0.15) is 29.3 Å². The van der Waals surface area contributed by atoms with Gasteiger partial charge in [0.05, 0.1) is 22.2 Å². The second-order valence-electron chi connectivity index (χ2n) is 4.97. The molecule has 0 saturated carbocycles. The maximum absolute atomic E-state index is 11.1. The molecule has 0 fully saturated rings. The normalized spacial score (nSPS) is 10.4. The van der Waals surface area contributed by atoms with Crippen LogP contribution in [0.2, 0.25) is 10.0 Å². The van der Waals surface area contributed by atoms with E-state index in [1.54, 1.807) is 12.1 Å². The smallest absolute Gasteiger partial charge is 0.337 e. The lowest BCUT2D eigenvalue weighted by molar-refractivity contribution is 0.0697. The molecular formula is C17H17Cl2NO3. The number of aromatic carboxylic acids is 1. The van der Waals surface area contributed by atoms with Crippen LogP contribution in [0.5, 0.6) is 5.75 Å². The standard InChI is InChI=1S/C17H17Cl2NO3/c1-2-7-23-16-6-3-11(8-15(16)19)10-20-12-4-5-14(18)13(9-12)17(21)22/h3-6,8-9,20H,2,7,10H2,1H3,(H,21,22). The largest absolute Gasteiger partial charge is 0.492 e. The highest BCUT2D eigenvalue weighted by Gasteiger charge is 2.09. The zero-order valence-corrected chi connectivity index (χ0v) is 14.1. The summed E-state index contributed by atoms with van der Waals surface area (Å²) in [7, 11) is 0. The van der Waals surface area contributed by atoms with Crippen LogP contribution in [0.4, 0.5) is 5.69 Å². The summed E-state index contributed by atoms with van der Waals surface area (Å²) in [6.45, 7) is 3.16. The number of carbonyl (C=O) groups is 1. The lowest BCUT2D eigenvalue weighted by Crippen LogP contribution is -2.03. The third-order valence-corrected chi connectivity index (χ3v) is 3.78. The molecule has 2 N–H and O–H groups in total. The Morgan fingerprint density at radius 2 is 1.96 bits per heavy atom. The van der Waals surface area contributed by atoms with E-state index in [-0.39, 0.29) is 10.6 Å². The highest BCUT2D eigenvalue weighted by Crippen LogP contribution is 2.26. The molecule has 0 bridgehead atoms. The van der Waals surface area contributed by atoms with Gasteiger partial charge in [0.15, 0.2) is 0 Å². The second kappa shape index (κ2) is 8.09. The third kappa shape index (κ3) is 4.78. The van der Waals surface area contributed by atoms with E-state index in [4.69, 9.17) is 33.0 Å². The number of hydrogen-bond donors (Lipinski definition) is 2. The van der Waals surface area contributed by atoms with Crippen molar-refractivity contribution in [3.05, 3.63) is 57.6 Å². The van der Waals surface area contributed by atoms with Gasteiger partial charge in [-0.15, -0.1) is 0 Å². The molecule has 2 aromatic carbocycles. The van der Waals surface area contributed by atoms with E-state index in [1.807, 2.05) is 25.1 Å². The molecule has 0 aliphatic heterocycles. The molecule has 2 rings (SSSR count). The minimum absolute atomic E-state index is 0.0676. The molecule has 0 spiro atoms. The van der Waals surface area contributed by atoms with E-state index in [0.29, 0.717) is 29.6 Å². The van der Waals surface area contributed by atoms with Crippen molar-refractivity contribution in [3.8, 4) is 5.75 Å². The molecule has 122 valence electrons. The summed E-state index contributed by atoms with van der Waals surface area (Å²) in [5.41, 5.74) is 1.71. The zero-order valence-electron chi connectivity index (χ0n) is 12.6. The summed E-state index contributed by atoms with van der Waals surface area (Å²) in [5, 5.41) is 13.0. The first-order chi connectivity index (χ1) is 11.0. The summed E-state index contributed by atoms with van der Waals surface area (Å²) in [4.78, 5) is 11.1. The SMILES string of the molecule is CCCOc1ccc(CNc2ccc(Cl)c(C(=O)O)c2)cc1Cl. The van der Waals surface area contributed by atoms with Gasteiger partial charge in [0.1, 0.15) is 5.75 Å². The van der Waals surface area contributed by atoms with Gasteiger partial charge < -0.3 is 15.2 Å². The molecule has 0 aliphatic carbocycles. The Morgan fingerprint density at radius 1 is 1.17 bits per heavy atom. The van der Waals surface area contributed by atoms with Crippen molar-refractivity contribution in [2.45, 2.75) is 19.9 Å². The predicted molar refractivity (Wildman–Crippen MR) is 93.0 cm³/mol. The molecule has 0 radical (unpaired) electrons. The van der Waals surface area contributed by atoms with Gasteiger partial charge >= 0.3 is 5.97 Å². The van der Waals surface area contributed by atoms with Crippen molar-refractivity contribution in [2.24, 2.45) is 0 Å². The average Bonchev–Trinajstić information content (AvgIpc) is 2.53. The van der Waals surface area contributed by atoms with Crippen LogP contribution in [-0.2, 0) is 6.54 Å². The highest BCUT2D eigenvalue weighted by molar-refractivity contribution is 6.33. The van der Waals surface area contributed by atoms with Crippen LogP contribution in [0.25, 0.3) is 0 Å². The van der Waals surface area contributed by atoms with Gasteiger partial charge in [-0.1, -0.05) is 36.2 Å². The first kappa shape index (κ1) is 17.4. The minimum Gasteiger partial charge on any atom is -0.492 e. The quantitative estimate of drug-likeness (QED) is 0.727. The Labute approximate surface area is 145 Å². The molecule has 0 heterocycles. The Balaban J connectivity index is 2.05. The fourth-order valence-corrected chi connectivity index (χ4v) is 2.44. The molecule has 6 heteroatoms. The topological polar surface area (TPSA) is 58.6 Å². The van der Waals surface area contributed by atoms with E-state index in [9.17, 15) is 4.79 Å². The number of carboxylic acid groups (broad SMARTS) is 1. The van der Waals surface area contributed by atoms with Crippen molar-refractivity contribution < 1.29 is 14.6 Å². The van der Waals surface area contributed by atoms with Gasteiger partial charge in [-0.05, 0) is 42.3 Å². The van der Waals surface area contributed by atoms with Crippen molar-refractivity contribution >= 4 is 34.9 Å². The summed E-state index contributed by atoms with van der Waals surface area (Å²) in [6, 6.07) is 10.4. The predicted octanol–water partition coefficient (Wildman–Crippen LogP) is 5.09.